The lowest BCUT2D eigenvalue weighted by Gasteiger charge is -2.31. The van der Waals surface area contributed by atoms with Crippen LogP contribution in [-0.4, -0.2) is 58.8 Å². The molecule has 2 aliphatic heterocycles. The van der Waals surface area contributed by atoms with E-state index in [4.69, 9.17) is 4.74 Å². The van der Waals surface area contributed by atoms with Gasteiger partial charge >= 0.3 is 0 Å². The number of nitrogens with one attached hydrogen (secondary N) is 1. The lowest BCUT2D eigenvalue weighted by Crippen LogP contribution is -2.39. The Bertz CT molecular complexity index is 864. The van der Waals surface area contributed by atoms with Crippen molar-refractivity contribution in [1.82, 2.24) is 20.0 Å². The summed E-state index contributed by atoms with van der Waals surface area (Å²) >= 11 is 0. The molecule has 0 radical (unpaired) electrons. The lowest BCUT2D eigenvalue weighted by molar-refractivity contribution is -0.122. The number of piperidine rings is 1. The van der Waals surface area contributed by atoms with E-state index in [2.05, 4.69) is 10.4 Å². The molecule has 4 rings (SSSR count). The van der Waals surface area contributed by atoms with Crippen molar-refractivity contribution < 1.29 is 14.3 Å². The molecule has 2 aliphatic rings. The number of carbonyl (C=O) groups excluding carboxylic acids is 2. The highest BCUT2D eigenvalue weighted by atomic mass is 16.5. The molecule has 1 aromatic carbocycles. The third kappa shape index (κ3) is 4.61. The maximum Gasteiger partial charge on any atom is 0.275 e. The molecule has 3 heterocycles. The fourth-order valence-electron chi connectivity index (χ4n) is 4.40. The Kier molecular flexibility index (Phi) is 6.13. The van der Waals surface area contributed by atoms with Gasteiger partial charge in [-0.05, 0) is 44.1 Å². The summed E-state index contributed by atoms with van der Waals surface area (Å²) < 4.78 is 7.31. The second-order valence-electron chi connectivity index (χ2n) is 8.20. The maximum atomic E-state index is 13.0. The van der Waals surface area contributed by atoms with E-state index >= 15 is 0 Å². The van der Waals surface area contributed by atoms with Gasteiger partial charge in [-0.1, -0.05) is 18.2 Å². The largest absolute Gasteiger partial charge is 0.376 e. The zero-order chi connectivity index (χ0) is 20.2. The summed E-state index contributed by atoms with van der Waals surface area (Å²) in [5, 5.41) is 8.36. The van der Waals surface area contributed by atoms with Gasteiger partial charge in [0.15, 0.2) is 5.69 Å². The van der Waals surface area contributed by atoms with Crippen molar-refractivity contribution in [2.75, 3.05) is 26.2 Å². The van der Waals surface area contributed by atoms with Crippen LogP contribution in [-0.2, 0) is 16.6 Å². The second kappa shape index (κ2) is 8.95. The summed E-state index contributed by atoms with van der Waals surface area (Å²) in [6.07, 6.45) is 5.63. The highest BCUT2D eigenvalue weighted by Gasteiger charge is 2.27. The minimum absolute atomic E-state index is 0.00885. The van der Waals surface area contributed by atoms with Crippen LogP contribution in [0, 0.1) is 5.92 Å². The van der Waals surface area contributed by atoms with Gasteiger partial charge in [0, 0.05) is 45.1 Å². The molecule has 156 valence electrons. The van der Waals surface area contributed by atoms with E-state index in [-0.39, 0.29) is 17.9 Å². The van der Waals surface area contributed by atoms with Crippen molar-refractivity contribution in [1.29, 1.82) is 0 Å². The van der Waals surface area contributed by atoms with Gasteiger partial charge in [0.2, 0.25) is 5.91 Å². The van der Waals surface area contributed by atoms with E-state index in [0.717, 1.165) is 62.7 Å². The van der Waals surface area contributed by atoms with Gasteiger partial charge in [-0.25, -0.2) is 0 Å². The molecule has 2 aromatic rings. The molecule has 1 N–H and O–H groups in total. The number of nitrogens with zero attached hydrogens (tertiary/aromatic N) is 3. The summed E-state index contributed by atoms with van der Waals surface area (Å²) in [5.41, 5.74) is 1.51. The Labute approximate surface area is 171 Å². The summed E-state index contributed by atoms with van der Waals surface area (Å²) in [6.45, 7) is 2.90. The first kappa shape index (κ1) is 19.9. The topological polar surface area (TPSA) is 76.5 Å². The van der Waals surface area contributed by atoms with Crippen LogP contribution in [0.2, 0.25) is 0 Å². The van der Waals surface area contributed by atoms with Crippen molar-refractivity contribution in [2.24, 2.45) is 13.0 Å². The number of carbonyl (C=O) groups is 2. The Morgan fingerprint density at radius 3 is 2.76 bits per heavy atom. The molecule has 7 nitrogen and oxygen atoms in total. The van der Waals surface area contributed by atoms with Crippen LogP contribution in [0.4, 0.5) is 0 Å². The van der Waals surface area contributed by atoms with E-state index in [1.807, 2.05) is 36.2 Å². The van der Waals surface area contributed by atoms with Gasteiger partial charge in [0.05, 0.1) is 11.6 Å². The van der Waals surface area contributed by atoms with Crippen LogP contribution in [0.3, 0.4) is 0 Å². The second-order valence-corrected chi connectivity index (χ2v) is 8.20. The Hall–Kier alpha value is -2.41. The number of likely N-dealkylation sites (tertiary alicyclic amines) is 1. The first-order valence-electron chi connectivity index (χ1n) is 10.7. The minimum Gasteiger partial charge on any atom is -0.376 e. The third-order valence-electron chi connectivity index (χ3n) is 6.19. The number of para-hydroxylation sites is 1. The average molecular weight is 399 g/mol. The number of benzene rings is 1. The van der Waals surface area contributed by atoms with Crippen molar-refractivity contribution in [2.45, 2.75) is 44.6 Å². The number of aryl methyl sites for hydroxylation is 1. The monoisotopic (exact) mass is 398 g/mol. The van der Waals surface area contributed by atoms with Crippen LogP contribution >= 0.6 is 0 Å². The average Bonchev–Trinajstić information content (AvgIpc) is 3.39. The minimum atomic E-state index is 0.00885. The number of rotatable bonds is 6. The van der Waals surface area contributed by atoms with Crippen LogP contribution < -0.4 is 5.32 Å². The number of hydrogen-bond donors (Lipinski definition) is 1. The Morgan fingerprint density at radius 1 is 1.21 bits per heavy atom. The number of hydrogen-bond acceptors (Lipinski definition) is 4. The normalized spacial score (nSPS) is 20.3. The summed E-state index contributed by atoms with van der Waals surface area (Å²) in [6, 6.07) is 7.84. The van der Waals surface area contributed by atoms with Crippen molar-refractivity contribution in [3.05, 3.63) is 30.0 Å². The smallest absolute Gasteiger partial charge is 0.275 e. The molecule has 29 heavy (non-hydrogen) atoms. The fourth-order valence-corrected chi connectivity index (χ4v) is 4.40. The molecule has 1 atom stereocenters. The van der Waals surface area contributed by atoms with Gasteiger partial charge in [-0.3, -0.25) is 14.3 Å². The van der Waals surface area contributed by atoms with Crippen LogP contribution in [0.25, 0.3) is 10.9 Å². The highest BCUT2D eigenvalue weighted by molar-refractivity contribution is 6.04. The molecule has 2 saturated heterocycles. The van der Waals surface area contributed by atoms with Crippen molar-refractivity contribution in [3.8, 4) is 0 Å². The molecule has 7 heteroatoms. The van der Waals surface area contributed by atoms with E-state index in [1.54, 1.807) is 4.68 Å². The summed E-state index contributed by atoms with van der Waals surface area (Å²) in [5.74, 6) is 0.613. The lowest BCUT2D eigenvalue weighted by atomic mass is 9.92. The highest BCUT2D eigenvalue weighted by Crippen LogP contribution is 2.25. The molecule has 0 aliphatic carbocycles. The predicted molar refractivity (Wildman–Crippen MR) is 111 cm³/mol. The number of fused-ring (bicyclic) bond motifs is 1. The van der Waals surface area contributed by atoms with Gasteiger partial charge in [0.25, 0.3) is 5.91 Å². The Balaban J connectivity index is 1.23. The number of amides is 2. The molecule has 2 fully saturated rings. The first-order chi connectivity index (χ1) is 14.1. The molecular weight excluding hydrogens is 368 g/mol. The van der Waals surface area contributed by atoms with E-state index in [0.29, 0.717) is 24.6 Å². The standard InChI is InChI=1S/C22H30N4O3/c1-25-19-7-3-2-6-18(19)21(24-25)22(28)26-12-10-16(11-13-26)8-9-20(27)23-15-17-5-4-14-29-17/h2-3,6-7,16-17H,4-5,8-15H2,1H3,(H,23,27). The summed E-state index contributed by atoms with van der Waals surface area (Å²) in [4.78, 5) is 27.0. The van der Waals surface area contributed by atoms with Gasteiger partial charge in [-0.15, -0.1) is 0 Å². The van der Waals surface area contributed by atoms with Gasteiger partial charge < -0.3 is 15.0 Å². The zero-order valence-electron chi connectivity index (χ0n) is 17.1. The van der Waals surface area contributed by atoms with E-state index in [1.165, 1.54) is 0 Å². The van der Waals surface area contributed by atoms with E-state index in [9.17, 15) is 9.59 Å². The third-order valence-corrected chi connectivity index (χ3v) is 6.19. The van der Waals surface area contributed by atoms with Crippen molar-refractivity contribution >= 4 is 22.7 Å². The predicted octanol–water partition coefficient (Wildman–Crippen LogP) is 2.50. The quantitative estimate of drug-likeness (QED) is 0.811. The molecule has 1 aromatic heterocycles. The molecule has 1 unspecified atom stereocenters. The number of ether oxygens (including phenoxy) is 1. The van der Waals surface area contributed by atoms with Crippen LogP contribution in [0.5, 0.6) is 0 Å². The molecule has 0 spiro atoms. The molecule has 2 amide bonds. The first-order valence-corrected chi connectivity index (χ1v) is 10.7. The maximum absolute atomic E-state index is 13.0. The van der Waals surface area contributed by atoms with Crippen LogP contribution in [0.1, 0.15) is 49.0 Å². The molecular formula is C22H30N4O3. The van der Waals surface area contributed by atoms with E-state index < -0.39 is 0 Å². The summed E-state index contributed by atoms with van der Waals surface area (Å²) in [7, 11) is 1.87. The SMILES string of the molecule is Cn1nc(C(=O)N2CCC(CCC(=O)NCC3CCCO3)CC2)c2ccccc21. The fraction of sp³-hybridized carbons (Fsp3) is 0.591. The Morgan fingerprint density at radius 2 is 2.00 bits per heavy atom. The van der Waals surface area contributed by atoms with Gasteiger partial charge in [-0.2, -0.15) is 5.10 Å². The molecule has 0 saturated carbocycles. The molecule has 0 bridgehead atoms. The zero-order valence-corrected chi connectivity index (χ0v) is 17.1. The van der Waals surface area contributed by atoms with Crippen LogP contribution in [0.15, 0.2) is 24.3 Å². The number of aromatic nitrogens is 2. The van der Waals surface area contributed by atoms with Gasteiger partial charge in [0.1, 0.15) is 0 Å². The van der Waals surface area contributed by atoms with Crippen molar-refractivity contribution in [3.63, 3.8) is 0 Å².